The molecule has 1 amide bonds. The third-order valence-corrected chi connectivity index (χ3v) is 7.99. The van der Waals surface area contributed by atoms with Crippen LogP contribution in [0.3, 0.4) is 0 Å². The minimum atomic E-state index is -0.127. The summed E-state index contributed by atoms with van der Waals surface area (Å²) in [5, 5.41) is 4.02. The highest BCUT2D eigenvalue weighted by Gasteiger charge is 2.17. The number of carbonyl (C=O) groups excluding carboxylic acids is 1. The number of aromatic nitrogens is 2. The summed E-state index contributed by atoms with van der Waals surface area (Å²) in [5.41, 5.74) is 3.48. The van der Waals surface area contributed by atoms with E-state index >= 15 is 0 Å². The number of fused-ring (bicyclic) bond motifs is 1. The van der Waals surface area contributed by atoms with Crippen LogP contribution in [0, 0.1) is 0 Å². The van der Waals surface area contributed by atoms with E-state index in [1.807, 2.05) is 66.7 Å². The Bertz CT molecular complexity index is 1550. The van der Waals surface area contributed by atoms with Crippen LogP contribution in [0.1, 0.15) is 11.1 Å². The third-order valence-electron chi connectivity index (χ3n) is 7.02. The van der Waals surface area contributed by atoms with Crippen molar-refractivity contribution in [3.63, 3.8) is 0 Å². The molecule has 5 rings (SSSR count). The van der Waals surface area contributed by atoms with Gasteiger partial charge >= 0.3 is 0 Å². The highest BCUT2D eigenvalue weighted by atomic mass is 32.2. The standard InChI is InChI=1S/C31H34N4O5S/c1-38-27-11-8-22(18-28(27)39-2)12-13-35-30(37)25-19-24(34-14-16-40-17-15-34)9-10-26(25)33-31(35)41-21-29(36)32-20-23-6-4-3-5-7-23/h3-11,18-19H,12-17,20-21H2,1-2H3,(H,32,36). The number of methoxy groups -OCH3 is 2. The molecule has 41 heavy (non-hydrogen) atoms. The van der Waals surface area contributed by atoms with Crippen LogP contribution in [0.4, 0.5) is 5.69 Å². The SMILES string of the molecule is COc1ccc(CCn2c(SCC(=O)NCc3ccccc3)nc3ccc(N4CCOCC4)cc3c2=O)cc1OC. The molecule has 1 aliphatic rings. The quantitative estimate of drug-likeness (QED) is 0.213. The van der Waals surface area contributed by atoms with Gasteiger partial charge in [0.1, 0.15) is 0 Å². The Labute approximate surface area is 243 Å². The third kappa shape index (κ3) is 7.01. The number of thioether (sulfide) groups is 1. The number of nitrogens with zero attached hydrogens (tertiary/aromatic N) is 3. The number of morpholine rings is 1. The van der Waals surface area contributed by atoms with E-state index in [-0.39, 0.29) is 17.2 Å². The molecule has 10 heteroatoms. The average Bonchev–Trinajstić information content (AvgIpc) is 3.03. The van der Waals surface area contributed by atoms with Gasteiger partial charge in [0.25, 0.3) is 5.56 Å². The summed E-state index contributed by atoms with van der Waals surface area (Å²) < 4.78 is 18.0. The Hall–Kier alpha value is -4.02. The predicted octanol–water partition coefficient (Wildman–Crippen LogP) is 3.90. The summed E-state index contributed by atoms with van der Waals surface area (Å²) in [6, 6.07) is 21.3. The van der Waals surface area contributed by atoms with Gasteiger partial charge in [-0.15, -0.1) is 0 Å². The van der Waals surface area contributed by atoms with Crippen molar-refractivity contribution >= 4 is 34.3 Å². The maximum atomic E-state index is 13.9. The van der Waals surface area contributed by atoms with Crippen molar-refractivity contribution in [1.29, 1.82) is 0 Å². The lowest BCUT2D eigenvalue weighted by atomic mass is 10.1. The van der Waals surface area contributed by atoms with Crippen molar-refractivity contribution in [3.8, 4) is 11.5 Å². The topological polar surface area (TPSA) is 94.9 Å². The second-order valence-corrected chi connectivity index (χ2v) is 10.6. The van der Waals surface area contributed by atoms with Crippen LogP contribution in [0.2, 0.25) is 0 Å². The summed E-state index contributed by atoms with van der Waals surface area (Å²) in [4.78, 5) is 33.7. The van der Waals surface area contributed by atoms with Crippen molar-refractivity contribution in [2.24, 2.45) is 0 Å². The van der Waals surface area contributed by atoms with E-state index in [0.29, 0.717) is 60.3 Å². The van der Waals surface area contributed by atoms with Gasteiger partial charge in [-0.1, -0.05) is 48.2 Å². The number of hydrogen-bond donors (Lipinski definition) is 1. The van der Waals surface area contributed by atoms with Gasteiger partial charge in [0.05, 0.1) is 44.1 Å². The molecule has 214 valence electrons. The molecule has 1 aliphatic heterocycles. The minimum absolute atomic E-state index is 0.123. The largest absolute Gasteiger partial charge is 0.493 e. The summed E-state index contributed by atoms with van der Waals surface area (Å²) in [6.45, 7) is 3.72. The molecular weight excluding hydrogens is 540 g/mol. The number of anilines is 1. The Balaban J connectivity index is 1.40. The van der Waals surface area contributed by atoms with Gasteiger partial charge < -0.3 is 24.4 Å². The number of amides is 1. The fourth-order valence-electron chi connectivity index (χ4n) is 4.77. The molecule has 1 N–H and O–H groups in total. The van der Waals surface area contributed by atoms with Crippen molar-refractivity contribution < 1.29 is 19.0 Å². The Morgan fingerprint density at radius 3 is 2.51 bits per heavy atom. The molecule has 3 aromatic carbocycles. The Morgan fingerprint density at radius 2 is 1.76 bits per heavy atom. The number of nitrogens with one attached hydrogen (secondary N) is 1. The zero-order chi connectivity index (χ0) is 28.6. The second kappa shape index (κ2) is 13.6. The molecule has 0 spiro atoms. The van der Waals surface area contributed by atoms with Gasteiger partial charge in [0, 0.05) is 31.9 Å². The van der Waals surface area contributed by atoms with Crippen molar-refractivity contribution in [1.82, 2.24) is 14.9 Å². The molecule has 0 aliphatic carbocycles. The van der Waals surface area contributed by atoms with Crippen molar-refractivity contribution in [3.05, 3.63) is 88.2 Å². The molecule has 1 saturated heterocycles. The molecule has 0 bridgehead atoms. The highest BCUT2D eigenvalue weighted by molar-refractivity contribution is 7.99. The van der Waals surface area contributed by atoms with Crippen LogP contribution >= 0.6 is 11.8 Å². The van der Waals surface area contributed by atoms with Crippen LogP contribution in [-0.4, -0.2) is 61.7 Å². The smallest absolute Gasteiger partial charge is 0.262 e. The summed E-state index contributed by atoms with van der Waals surface area (Å²) in [6.07, 6.45) is 0.574. The minimum Gasteiger partial charge on any atom is -0.493 e. The van der Waals surface area contributed by atoms with Crippen LogP contribution in [0.25, 0.3) is 10.9 Å². The Morgan fingerprint density at radius 1 is 0.976 bits per heavy atom. The highest BCUT2D eigenvalue weighted by Crippen LogP contribution is 2.28. The zero-order valence-corrected chi connectivity index (χ0v) is 24.1. The molecule has 1 fully saturated rings. The van der Waals surface area contributed by atoms with Crippen molar-refractivity contribution in [2.45, 2.75) is 24.7 Å². The van der Waals surface area contributed by atoms with E-state index < -0.39 is 0 Å². The van der Waals surface area contributed by atoms with Gasteiger partial charge in [0.2, 0.25) is 5.91 Å². The van der Waals surface area contributed by atoms with Gasteiger partial charge in [0.15, 0.2) is 16.7 Å². The number of aryl methyl sites for hydroxylation is 1. The maximum Gasteiger partial charge on any atom is 0.262 e. The summed E-state index contributed by atoms with van der Waals surface area (Å²) in [7, 11) is 3.20. The first-order valence-electron chi connectivity index (χ1n) is 13.6. The maximum absolute atomic E-state index is 13.9. The number of ether oxygens (including phenoxy) is 3. The number of rotatable bonds is 11. The van der Waals surface area contributed by atoms with Gasteiger partial charge in [-0.3, -0.25) is 14.2 Å². The molecule has 0 unspecified atom stereocenters. The normalized spacial score (nSPS) is 13.3. The first-order valence-corrected chi connectivity index (χ1v) is 14.6. The number of hydrogen-bond acceptors (Lipinski definition) is 8. The van der Waals surface area contributed by atoms with E-state index in [0.717, 1.165) is 29.9 Å². The fourth-order valence-corrected chi connectivity index (χ4v) is 5.62. The zero-order valence-electron chi connectivity index (χ0n) is 23.3. The van der Waals surface area contributed by atoms with Crippen LogP contribution < -0.4 is 25.2 Å². The first kappa shape index (κ1) is 28.5. The van der Waals surface area contributed by atoms with Crippen LogP contribution in [-0.2, 0) is 29.0 Å². The lowest BCUT2D eigenvalue weighted by molar-refractivity contribution is -0.118. The van der Waals surface area contributed by atoms with E-state index in [2.05, 4.69) is 10.2 Å². The van der Waals surface area contributed by atoms with E-state index in [4.69, 9.17) is 19.2 Å². The molecule has 0 atom stereocenters. The lowest BCUT2D eigenvalue weighted by Gasteiger charge is -2.29. The van der Waals surface area contributed by atoms with E-state index in [9.17, 15) is 9.59 Å². The van der Waals surface area contributed by atoms with Gasteiger partial charge in [-0.05, 0) is 47.9 Å². The Kier molecular flexibility index (Phi) is 9.43. The summed E-state index contributed by atoms with van der Waals surface area (Å²) in [5.74, 6) is 1.30. The number of benzene rings is 3. The van der Waals surface area contributed by atoms with Crippen molar-refractivity contribution in [2.75, 3.05) is 51.2 Å². The molecule has 2 heterocycles. The predicted molar refractivity (Wildman–Crippen MR) is 161 cm³/mol. The molecule has 1 aromatic heterocycles. The first-order chi connectivity index (χ1) is 20.1. The molecule has 0 radical (unpaired) electrons. The van der Waals surface area contributed by atoms with Gasteiger partial charge in [-0.25, -0.2) is 4.98 Å². The summed E-state index contributed by atoms with van der Waals surface area (Å²) >= 11 is 1.27. The van der Waals surface area contributed by atoms with Gasteiger partial charge in [-0.2, -0.15) is 0 Å². The fraction of sp³-hybridized carbons (Fsp3) is 0.323. The molecular formula is C31H34N4O5S. The number of carbonyl (C=O) groups is 1. The average molecular weight is 575 g/mol. The van der Waals surface area contributed by atoms with E-state index in [1.54, 1.807) is 18.8 Å². The molecule has 4 aromatic rings. The lowest BCUT2D eigenvalue weighted by Crippen LogP contribution is -2.36. The van der Waals surface area contributed by atoms with Crippen LogP contribution in [0.15, 0.2) is 76.7 Å². The molecule has 0 saturated carbocycles. The second-order valence-electron chi connectivity index (χ2n) is 9.64. The monoisotopic (exact) mass is 574 g/mol. The van der Waals surface area contributed by atoms with Crippen LogP contribution in [0.5, 0.6) is 11.5 Å². The molecule has 9 nitrogen and oxygen atoms in total. The van der Waals surface area contributed by atoms with E-state index in [1.165, 1.54) is 11.8 Å².